The summed E-state index contributed by atoms with van der Waals surface area (Å²) in [5.41, 5.74) is 3.78. The highest BCUT2D eigenvalue weighted by Crippen LogP contribution is 2.33. The number of nitrogens with two attached hydrogens (primary N) is 1. The van der Waals surface area contributed by atoms with Crippen LogP contribution in [-0.2, 0) is 15.1 Å². The highest BCUT2D eigenvalue weighted by molar-refractivity contribution is 7.84. The molecule has 0 aliphatic carbocycles. The summed E-state index contributed by atoms with van der Waals surface area (Å²) in [7, 11) is -4.07. The Balaban J connectivity index is 1.85. The van der Waals surface area contributed by atoms with Gasteiger partial charge in [0.05, 0.1) is 11.8 Å². The lowest BCUT2D eigenvalue weighted by Gasteiger charge is -2.20. The molecule has 7 nitrogen and oxygen atoms in total. The first kappa shape index (κ1) is 18.1. The molecule has 0 saturated heterocycles. The fourth-order valence-electron chi connectivity index (χ4n) is 2.86. The van der Waals surface area contributed by atoms with E-state index < -0.39 is 10.3 Å². The van der Waals surface area contributed by atoms with E-state index in [-0.39, 0.29) is 17.7 Å². The second kappa shape index (κ2) is 6.89. The van der Waals surface area contributed by atoms with Crippen molar-refractivity contribution in [3.63, 3.8) is 0 Å². The number of carbonyl (C=O) groups is 1. The number of rotatable bonds is 4. The zero-order chi connectivity index (χ0) is 18.9. The molecule has 2 aromatic rings. The average Bonchev–Trinajstić information content (AvgIpc) is 3.00. The molecule has 0 bridgehead atoms. The summed E-state index contributed by atoms with van der Waals surface area (Å²) in [5, 5.41) is 10.8. The Bertz CT molecular complexity index is 951. The average molecular weight is 373 g/mol. The first-order valence-corrected chi connectivity index (χ1v) is 9.46. The minimum Gasteiger partial charge on any atom is -0.371 e. The summed E-state index contributed by atoms with van der Waals surface area (Å²) in [6.45, 7) is 3.48. The third-order valence-electron chi connectivity index (χ3n) is 4.10. The van der Waals surface area contributed by atoms with Crippen molar-refractivity contribution in [3.8, 4) is 5.75 Å². The molecule has 1 unspecified atom stereocenters. The van der Waals surface area contributed by atoms with Crippen molar-refractivity contribution in [3.05, 3.63) is 65.2 Å². The number of hydrogen-bond acceptors (Lipinski definition) is 5. The maximum atomic E-state index is 12.0. The van der Waals surface area contributed by atoms with Gasteiger partial charge in [0.25, 0.3) is 0 Å². The van der Waals surface area contributed by atoms with E-state index in [4.69, 9.17) is 5.14 Å². The second-order valence-corrected chi connectivity index (χ2v) is 7.29. The van der Waals surface area contributed by atoms with Gasteiger partial charge in [-0.2, -0.15) is 18.7 Å². The van der Waals surface area contributed by atoms with E-state index >= 15 is 0 Å². The van der Waals surface area contributed by atoms with E-state index in [1.54, 1.807) is 12.1 Å². The number of nitrogens with zero attached hydrogens (tertiary/aromatic N) is 2. The quantitative estimate of drug-likeness (QED) is 0.888. The van der Waals surface area contributed by atoms with Gasteiger partial charge in [-0.15, -0.1) is 0 Å². The summed E-state index contributed by atoms with van der Waals surface area (Å²) in [5.74, 6) is -0.0507. The number of aryl methyl sites for hydroxylation is 1. The van der Waals surface area contributed by atoms with Crippen molar-refractivity contribution in [2.24, 2.45) is 10.2 Å². The molecular weight excluding hydrogens is 354 g/mol. The summed E-state index contributed by atoms with van der Waals surface area (Å²) in [6.07, 6.45) is 0.567. The fourth-order valence-corrected chi connectivity index (χ4v) is 3.24. The van der Waals surface area contributed by atoms with Crippen LogP contribution < -0.4 is 9.32 Å². The molecule has 1 amide bonds. The molecule has 1 aliphatic heterocycles. The van der Waals surface area contributed by atoms with Crippen LogP contribution in [0, 0.1) is 6.92 Å². The molecule has 2 N–H and O–H groups in total. The molecule has 3 rings (SSSR count). The predicted octanol–water partition coefficient (Wildman–Crippen LogP) is 2.27. The molecule has 0 spiro atoms. The Morgan fingerprint density at radius 1 is 1.15 bits per heavy atom. The molecule has 136 valence electrons. The summed E-state index contributed by atoms with van der Waals surface area (Å²) in [4.78, 5) is 12.0. The summed E-state index contributed by atoms with van der Waals surface area (Å²) in [6, 6.07) is 14.1. The van der Waals surface area contributed by atoms with E-state index in [0.29, 0.717) is 6.42 Å². The van der Waals surface area contributed by atoms with Crippen LogP contribution in [-0.4, -0.2) is 25.0 Å². The zero-order valence-corrected chi connectivity index (χ0v) is 15.2. The molecule has 0 fully saturated rings. The maximum Gasteiger partial charge on any atom is 0.380 e. The highest BCUT2D eigenvalue weighted by Gasteiger charge is 2.31. The lowest BCUT2D eigenvalue weighted by Crippen LogP contribution is -2.24. The Morgan fingerprint density at radius 3 is 2.31 bits per heavy atom. The molecule has 8 heteroatoms. The van der Waals surface area contributed by atoms with Crippen LogP contribution in [0.3, 0.4) is 0 Å². The van der Waals surface area contributed by atoms with Gasteiger partial charge in [-0.1, -0.05) is 42.0 Å². The topological polar surface area (TPSA) is 102 Å². The van der Waals surface area contributed by atoms with E-state index in [1.807, 2.05) is 31.2 Å². The number of benzene rings is 2. The molecule has 2 aromatic carbocycles. The zero-order valence-electron chi connectivity index (χ0n) is 14.4. The maximum absolute atomic E-state index is 12.0. The van der Waals surface area contributed by atoms with Crippen molar-refractivity contribution in [1.82, 2.24) is 5.01 Å². The number of amides is 1. The third-order valence-corrected chi connectivity index (χ3v) is 4.52. The second-order valence-electron chi connectivity index (χ2n) is 6.14. The Labute approximate surface area is 152 Å². The van der Waals surface area contributed by atoms with Crippen LogP contribution in [0.25, 0.3) is 0 Å². The fraction of sp³-hybridized carbons (Fsp3) is 0.222. The standard InChI is InChI=1S/C18H19N3O4S/c1-12-3-5-14(6-4-12)17-11-18(21(20-17)13(2)22)15-7-9-16(10-8-15)25-26(19,23)24/h3-10,18H,11H2,1-2H3,(H2,19,23,24). The largest absolute Gasteiger partial charge is 0.380 e. The van der Waals surface area contributed by atoms with Gasteiger partial charge in [-0.3, -0.25) is 4.79 Å². The van der Waals surface area contributed by atoms with E-state index in [9.17, 15) is 13.2 Å². The molecular formula is C18H19N3O4S. The smallest absolute Gasteiger partial charge is 0.371 e. The minimum absolute atomic E-state index is 0.114. The molecule has 1 heterocycles. The summed E-state index contributed by atoms with van der Waals surface area (Å²) >= 11 is 0. The summed E-state index contributed by atoms with van der Waals surface area (Å²) < 4.78 is 26.6. The van der Waals surface area contributed by atoms with Crippen LogP contribution in [0.5, 0.6) is 5.75 Å². The highest BCUT2D eigenvalue weighted by atomic mass is 32.2. The minimum atomic E-state index is -4.07. The molecule has 1 atom stereocenters. The van der Waals surface area contributed by atoms with E-state index in [2.05, 4.69) is 9.28 Å². The molecule has 0 saturated carbocycles. The Hall–Kier alpha value is -2.71. The predicted molar refractivity (Wildman–Crippen MR) is 97.8 cm³/mol. The van der Waals surface area contributed by atoms with Crippen molar-refractivity contribution >= 4 is 21.9 Å². The van der Waals surface area contributed by atoms with E-state index in [1.165, 1.54) is 24.1 Å². The van der Waals surface area contributed by atoms with Gasteiger partial charge in [0.15, 0.2) is 0 Å². The van der Waals surface area contributed by atoms with E-state index in [0.717, 1.165) is 22.4 Å². The van der Waals surface area contributed by atoms with Crippen LogP contribution in [0.15, 0.2) is 53.6 Å². The molecule has 0 radical (unpaired) electrons. The first-order valence-electron chi connectivity index (χ1n) is 7.99. The van der Waals surface area contributed by atoms with Crippen LogP contribution >= 0.6 is 0 Å². The number of hydrogen-bond donors (Lipinski definition) is 1. The van der Waals surface area contributed by atoms with Gasteiger partial charge in [0.1, 0.15) is 5.75 Å². The van der Waals surface area contributed by atoms with Gasteiger partial charge in [0.2, 0.25) is 5.91 Å². The Kier molecular flexibility index (Phi) is 4.80. The third kappa shape index (κ3) is 4.09. The van der Waals surface area contributed by atoms with Crippen LogP contribution in [0.4, 0.5) is 0 Å². The first-order chi connectivity index (χ1) is 12.2. The normalized spacial score (nSPS) is 17.1. The monoisotopic (exact) mass is 373 g/mol. The van der Waals surface area contributed by atoms with Gasteiger partial charge in [-0.25, -0.2) is 5.01 Å². The number of hydrazone groups is 1. The molecule has 1 aliphatic rings. The SMILES string of the molecule is CC(=O)N1N=C(c2ccc(C)cc2)CC1c1ccc(OS(N)(=O)=O)cc1. The molecule has 0 aromatic heterocycles. The van der Waals surface area contributed by atoms with Crippen molar-refractivity contribution in [2.45, 2.75) is 26.3 Å². The van der Waals surface area contributed by atoms with Crippen molar-refractivity contribution in [1.29, 1.82) is 0 Å². The van der Waals surface area contributed by atoms with Crippen LogP contribution in [0.1, 0.15) is 36.1 Å². The van der Waals surface area contributed by atoms with Crippen molar-refractivity contribution in [2.75, 3.05) is 0 Å². The lowest BCUT2D eigenvalue weighted by molar-refractivity contribution is -0.130. The van der Waals surface area contributed by atoms with Gasteiger partial charge in [-0.05, 0) is 30.2 Å². The van der Waals surface area contributed by atoms with Gasteiger partial charge in [0, 0.05) is 13.3 Å². The van der Waals surface area contributed by atoms with Crippen LogP contribution in [0.2, 0.25) is 0 Å². The lowest BCUT2D eigenvalue weighted by atomic mass is 9.98. The van der Waals surface area contributed by atoms with Gasteiger partial charge >= 0.3 is 10.3 Å². The van der Waals surface area contributed by atoms with Gasteiger partial charge < -0.3 is 4.18 Å². The Morgan fingerprint density at radius 2 is 1.77 bits per heavy atom. The van der Waals surface area contributed by atoms with Crippen molar-refractivity contribution < 1.29 is 17.4 Å². The molecule has 26 heavy (non-hydrogen) atoms. The number of carbonyl (C=O) groups excluding carboxylic acids is 1.